The highest BCUT2D eigenvalue weighted by molar-refractivity contribution is 5.42. The van der Waals surface area contributed by atoms with Crippen LogP contribution in [0.5, 0.6) is 0 Å². The summed E-state index contributed by atoms with van der Waals surface area (Å²) < 4.78 is 15.2. The van der Waals surface area contributed by atoms with Gasteiger partial charge in [-0.3, -0.25) is 0 Å². The van der Waals surface area contributed by atoms with Crippen LogP contribution >= 0.6 is 0 Å². The molecule has 1 aromatic carbocycles. The summed E-state index contributed by atoms with van der Waals surface area (Å²) in [6, 6.07) is 8.75. The molecule has 1 aromatic heterocycles. The van der Waals surface area contributed by atoms with Gasteiger partial charge >= 0.3 is 0 Å². The van der Waals surface area contributed by atoms with Crippen molar-refractivity contribution >= 4 is 0 Å². The van der Waals surface area contributed by atoms with E-state index < -0.39 is 0 Å². The van der Waals surface area contributed by atoms with Crippen LogP contribution in [-0.4, -0.2) is 4.57 Å². The SMILES string of the molecule is NCc1c(F)cccc1-n1cccc1. The van der Waals surface area contributed by atoms with Gasteiger partial charge < -0.3 is 10.3 Å². The zero-order chi connectivity index (χ0) is 9.97. The number of hydrogen-bond donors (Lipinski definition) is 1. The van der Waals surface area contributed by atoms with Crippen molar-refractivity contribution < 1.29 is 4.39 Å². The fourth-order valence-electron chi connectivity index (χ4n) is 1.49. The molecule has 0 aliphatic heterocycles. The molecule has 2 aromatic rings. The minimum atomic E-state index is -0.251. The second-order valence-electron chi connectivity index (χ2n) is 3.03. The summed E-state index contributed by atoms with van der Waals surface area (Å²) in [5.74, 6) is -0.251. The Labute approximate surface area is 81.8 Å². The van der Waals surface area contributed by atoms with Gasteiger partial charge in [0, 0.05) is 24.5 Å². The van der Waals surface area contributed by atoms with E-state index in [2.05, 4.69) is 0 Å². The number of benzene rings is 1. The van der Waals surface area contributed by atoms with Crippen LogP contribution in [0.25, 0.3) is 5.69 Å². The minimum absolute atomic E-state index is 0.209. The van der Waals surface area contributed by atoms with E-state index in [1.54, 1.807) is 6.07 Å². The van der Waals surface area contributed by atoms with Crippen LogP contribution in [0.3, 0.4) is 0 Å². The van der Waals surface area contributed by atoms with Gasteiger partial charge in [-0.15, -0.1) is 0 Å². The van der Waals surface area contributed by atoms with Crippen molar-refractivity contribution in [2.45, 2.75) is 6.54 Å². The number of nitrogens with zero attached hydrogens (tertiary/aromatic N) is 1. The van der Waals surface area contributed by atoms with Crippen LogP contribution in [0.4, 0.5) is 4.39 Å². The average molecular weight is 190 g/mol. The lowest BCUT2D eigenvalue weighted by Crippen LogP contribution is -2.05. The molecular weight excluding hydrogens is 179 g/mol. The molecule has 0 amide bonds. The van der Waals surface area contributed by atoms with E-state index >= 15 is 0 Å². The van der Waals surface area contributed by atoms with Crippen molar-refractivity contribution in [3.63, 3.8) is 0 Å². The van der Waals surface area contributed by atoms with Gasteiger partial charge in [-0.2, -0.15) is 0 Å². The topological polar surface area (TPSA) is 30.9 Å². The summed E-state index contributed by atoms with van der Waals surface area (Å²) in [5, 5.41) is 0. The fourth-order valence-corrected chi connectivity index (χ4v) is 1.49. The summed E-state index contributed by atoms with van der Waals surface area (Å²) in [5.41, 5.74) is 6.85. The molecular formula is C11H11FN2. The molecule has 0 radical (unpaired) electrons. The molecule has 2 nitrogen and oxygen atoms in total. The lowest BCUT2D eigenvalue weighted by molar-refractivity contribution is 0.608. The summed E-state index contributed by atoms with van der Waals surface area (Å²) in [4.78, 5) is 0. The van der Waals surface area contributed by atoms with E-state index in [0.29, 0.717) is 5.56 Å². The molecule has 0 aliphatic carbocycles. The van der Waals surface area contributed by atoms with Gasteiger partial charge in [0.1, 0.15) is 5.82 Å². The molecule has 0 saturated heterocycles. The highest BCUT2D eigenvalue weighted by Gasteiger charge is 2.06. The highest BCUT2D eigenvalue weighted by atomic mass is 19.1. The first kappa shape index (κ1) is 8.97. The summed E-state index contributed by atoms with van der Waals surface area (Å²) in [6.07, 6.45) is 3.74. The van der Waals surface area contributed by atoms with Crippen molar-refractivity contribution in [1.82, 2.24) is 4.57 Å². The maximum atomic E-state index is 13.3. The first-order valence-corrected chi connectivity index (χ1v) is 4.43. The third kappa shape index (κ3) is 1.42. The predicted molar refractivity (Wildman–Crippen MR) is 53.6 cm³/mol. The number of nitrogens with two attached hydrogens (primary N) is 1. The van der Waals surface area contributed by atoms with Gasteiger partial charge in [0.25, 0.3) is 0 Å². The van der Waals surface area contributed by atoms with E-state index in [9.17, 15) is 4.39 Å². The van der Waals surface area contributed by atoms with Gasteiger partial charge in [-0.1, -0.05) is 6.07 Å². The van der Waals surface area contributed by atoms with Gasteiger partial charge in [0.05, 0.1) is 5.69 Å². The summed E-state index contributed by atoms with van der Waals surface area (Å²) in [7, 11) is 0. The Balaban J connectivity index is 2.58. The molecule has 0 bridgehead atoms. The van der Waals surface area contributed by atoms with Crippen molar-refractivity contribution in [3.05, 3.63) is 54.1 Å². The third-order valence-corrected chi connectivity index (χ3v) is 2.18. The first-order chi connectivity index (χ1) is 6.83. The zero-order valence-electron chi connectivity index (χ0n) is 7.65. The van der Waals surface area contributed by atoms with Gasteiger partial charge in [-0.25, -0.2) is 4.39 Å². The molecule has 0 spiro atoms. The van der Waals surface area contributed by atoms with Gasteiger partial charge in [0.2, 0.25) is 0 Å². The van der Waals surface area contributed by atoms with Crippen molar-refractivity contribution in [3.8, 4) is 5.69 Å². The Morgan fingerprint density at radius 1 is 1.14 bits per heavy atom. The normalized spacial score (nSPS) is 10.4. The smallest absolute Gasteiger partial charge is 0.129 e. The Hall–Kier alpha value is -1.61. The second kappa shape index (κ2) is 3.64. The molecule has 72 valence electrons. The van der Waals surface area contributed by atoms with Crippen molar-refractivity contribution in [2.24, 2.45) is 5.73 Å². The van der Waals surface area contributed by atoms with E-state index in [4.69, 9.17) is 5.73 Å². The summed E-state index contributed by atoms with van der Waals surface area (Å²) in [6.45, 7) is 0.209. The molecule has 14 heavy (non-hydrogen) atoms. The average Bonchev–Trinajstić information content (AvgIpc) is 2.70. The molecule has 2 N–H and O–H groups in total. The Bertz CT molecular complexity index is 421. The maximum absolute atomic E-state index is 13.3. The lowest BCUT2D eigenvalue weighted by Gasteiger charge is -2.09. The van der Waals surface area contributed by atoms with Crippen molar-refractivity contribution in [1.29, 1.82) is 0 Å². The molecule has 0 unspecified atom stereocenters. The molecule has 0 aliphatic rings. The number of rotatable bonds is 2. The Kier molecular flexibility index (Phi) is 2.33. The Morgan fingerprint density at radius 3 is 2.50 bits per heavy atom. The largest absolute Gasteiger partial charge is 0.326 e. The van der Waals surface area contributed by atoms with E-state index in [1.807, 2.05) is 35.2 Å². The molecule has 3 heteroatoms. The van der Waals surface area contributed by atoms with Crippen LogP contribution in [0.2, 0.25) is 0 Å². The van der Waals surface area contributed by atoms with Crippen LogP contribution < -0.4 is 5.73 Å². The fraction of sp³-hybridized carbons (Fsp3) is 0.0909. The van der Waals surface area contributed by atoms with Crippen LogP contribution in [0.15, 0.2) is 42.7 Å². The quantitative estimate of drug-likeness (QED) is 0.772. The van der Waals surface area contributed by atoms with Crippen LogP contribution in [0, 0.1) is 5.82 Å². The second-order valence-corrected chi connectivity index (χ2v) is 3.03. The maximum Gasteiger partial charge on any atom is 0.129 e. The molecule has 2 rings (SSSR count). The number of halogens is 1. The standard InChI is InChI=1S/C11H11FN2/c12-10-4-3-5-11(9(10)8-13)14-6-1-2-7-14/h1-7H,8,13H2. The third-order valence-electron chi connectivity index (χ3n) is 2.18. The van der Waals surface area contributed by atoms with E-state index in [0.717, 1.165) is 5.69 Å². The number of aromatic nitrogens is 1. The minimum Gasteiger partial charge on any atom is -0.326 e. The van der Waals surface area contributed by atoms with E-state index in [-0.39, 0.29) is 12.4 Å². The molecule has 0 saturated carbocycles. The zero-order valence-corrected chi connectivity index (χ0v) is 7.65. The molecule has 0 fully saturated rings. The Morgan fingerprint density at radius 2 is 1.86 bits per heavy atom. The summed E-state index contributed by atoms with van der Waals surface area (Å²) >= 11 is 0. The van der Waals surface area contributed by atoms with Crippen LogP contribution in [-0.2, 0) is 6.54 Å². The van der Waals surface area contributed by atoms with Gasteiger partial charge in [0.15, 0.2) is 0 Å². The molecule has 1 heterocycles. The van der Waals surface area contributed by atoms with E-state index in [1.165, 1.54) is 6.07 Å². The van der Waals surface area contributed by atoms with Crippen LogP contribution in [0.1, 0.15) is 5.56 Å². The van der Waals surface area contributed by atoms with Gasteiger partial charge in [-0.05, 0) is 24.3 Å². The molecule has 0 atom stereocenters. The highest BCUT2D eigenvalue weighted by Crippen LogP contribution is 2.17. The van der Waals surface area contributed by atoms with Crippen molar-refractivity contribution in [2.75, 3.05) is 0 Å². The lowest BCUT2D eigenvalue weighted by atomic mass is 10.1. The number of hydrogen-bond acceptors (Lipinski definition) is 1. The first-order valence-electron chi connectivity index (χ1n) is 4.43. The predicted octanol–water partition coefficient (Wildman–Crippen LogP) is 2.08. The monoisotopic (exact) mass is 190 g/mol.